The summed E-state index contributed by atoms with van der Waals surface area (Å²) in [4.78, 5) is 11.1. The summed E-state index contributed by atoms with van der Waals surface area (Å²) >= 11 is 0. The maximum Gasteiger partial charge on any atom is 0.303 e. The van der Waals surface area contributed by atoms with E-state index in [0.29, 0.717) is 24.0 Å². The fraction of sp³-hybridized carbons (Fsp3) is 0.588. The lowest BCUT2D eigenvalue weighted by molar-refractivity contribution is -0.137. The highest BCUT2D eigenvalue weighted by atomic mass is 16.6. The molecule has 1 heterocycles. The third-order valence-electron chi connectivity index (χ3n) is 4.38. The van der Waals surface area contributed by atoms with Crippen LogP contribution in [0.1, 0.15) is 37.2 Å². The molecule has 1 saturated heterocycles. The zero-order valence-electron chi connectivity index (χ0n) is 12.8. The first kappa shape index (κ1) is 15.2. The maximum atomic E-state index is 11.1. The smallest absolute Gasteiger partial charge is 0.303 e. The van der Waals surface area contributed by atoms with E-state index in [-0.39, 0.29) is 18.4 Å². The summed E-state index contributed by atoms with van der Waals surface area (Å²) in [6.45, 7) is 1.31. The van der Waals surface area contributed by atoms with Crippen LogP contribution < -0.4 is 9.47 Å². The first-order valence-electron chi connectivity index (χ1n) is 7.81. The molecule has 1 aromatic rings. The van der Waals surface area contributed by atoms with E-state index in [9.17, 15) is 4.79 Å². The topological polar surface area (TPSA) is 65.0 Å². The minimum Gasteiger partial charge on any atom is -0.493 e. The van der Waals surface area contributed by atoms with Gasteiger partial charge in [0, 0.05) is 6.42 Å². The average Bonchev–Trinajstić information content (AvgIpc) is 3.22. The molecule has 2 aliphatic rings. The van der Waals surface area contributed by atoms with Crippen LogP contribution in [0.3, 0.4) is 0 Å². The second kappa shape index (κ2) is 6.57. The van der Waals surface area contributed by atoms with Crippen LogP contribution in [-0.4, -0.2) is 37.5 Å². The molecule has 22 heavy (non-hydrogen) atoms. The molecule has 2 fully saturated rings. The lowest BCUT2D eigenvalue weighted by Crippen LogP contribution is -2.16. The van der Waals surface area contributed by atoms with E-state index in [1.165, 1.54) is 0 Å². The van der Waals surface area contributed by atoms with E-state index in [0.717, 1.165) is 31.4 Å². The highest BCUT2D eigenvalue weighted by Crippen LogP contribution is 2.46. The molecule has 0 bridgehead atoms. The molecule has 2 unspecified atom stereocenters. The van der Waals surface area contributed by atoms with Crippen molar-refractivity contribution in [3.05, 3.63) is 23.8 Å². The van der Waals surface area contributed by atoms with Crippen LogP contribution in [-0.2, 0) is 9.53 Å². The number of rotatable bonds is 7. The van der Waals surface area contributed by atoms with Gasteiger partial charge in [-0.05, 0) is 42.4 Å². The molecule has 5 heteroatoms. The summed E-state index contributed by atoms with van der Waals surface area (Å²) in [6.07, 6.45) is 3.30. The van der Waals surface area contributed by atoms with E-state index in [4.69, 9.17) is 19.3 Å². The molecule has 5 nitrogen and oxygen atoms in total. The summed E-state index contributed by atoms with van der Waals surface area (Å²) in [6, 6.07) is 5.78. The SMILES string of the molecule is COc1ccc(C(CC(=O)O)C2CC2)cc1OC1CCOC1. The van der Waals surface area contributed by atoms with Crippen molar-refractivity contribution in [2.45, 2.75) is 37.7 Å². The van der Waals surface area contributed by atoms with Gasteiger partial charge in [0.05, 0.1) is 26.7 Å². The molecule has 1 saturated carbocycles. The van der Waals surface area contributed by atoms with Crippen molar-refractivity contribution in [1.29, 1.82) is 0 Å². The van der Waals surface area contributed by atoms with Gasteiger partial charge in [-0.1, -0.05) is 6.07 Å². The van der Waals surface area contributed by atoms with Gasteiger partial charge in [-0.25, -0.2) is 0 Å². The van der Waals surface area contributed by atoms with Crippen molar-refractivity contribution in [3.63, 3.8) is 0 Å². The molecule has 0 aromatic heterocycles. The van der Waals surface area contributed by atoms with Gasteiger partial charge in [0.15, 0.2) is 11.5 Å². The van der Waals surface area contributed by atoms with E-state index in [2.05, 4.69) is 0 Å². The molecule has 1 aliphatic heterocycles. The van der Waals surface area contributed by atoms with E-state index in [1.807, 2.05) is 18.2 Å². The quantitative estimate of drug-likeness (QED) is 0.839. The number of hydrogen-bond donors (Lipinski definition) is 1. The summed E-state index contributed by atoms with van der Waals surface area (Å²) in [5, 5.41) is 9.15. The van der Waals surface area contributed by atoms with Crippen molar-refractivity contribution < 1.29 is 24.1 Å². The predicted molar refractivity (Wildman–Crippen MR) is 80.6 cm³/mol. The van der Waals surface area contributed by atoms with Crippen molar-refractivity contribution >= 4 is 5.97 Å². The van der Waals surface area contributed by atoms with Crippen molar-refractivity contribution in [2.75, 3.05) is 20.3 Å². The minimum atomic E-state index is -0.751. The number of ether oxygens (including phenoxy) is 3. The van der Waals surface area contributed by atoms with E-state index in [1.54, 1.807) is 7.11 Å². The summed E-state index contributed by atoms with van der Waals surface area (Å²) in [7, 11) is 1.61. The Labute approximate surface area is 130 Å². The zero-order valence-corrected chi connectivity index (χ0v) is 12.8. The maximum absolute atomic E-state index is 11.1. The number of aliphatic carboxylic acids is 1. The third-order valence-corrected chi connectivity index (χ3v) is 4.38. The predicted octanol–water partition coefficient (Wildman–Crippen LogP) is 2.83. The molecule has 1 aliphatic carbocycles. The Morgan fingerprint density at radius 3 is 2.77 bits per heavy atom. The first-order chi connectivity index (χ1) is 10.7. The van der Waals surface area contributed by atoms with Crippen molar-refractivity contribution in [1.82, 2.24) is 0 Å². The molecule has 3 rings (SSSR count). The molecular formula is C17H22O5. The fourth-order valence-corrected chi connectivity index (χ4v) is 3.04. The molecule has 0 amide bonds. The highest BCUT2D eigenvalue weighted by molar-refractivity contribution is 5.68. The molecule has 0 spiro atoms. The molecule has 120 valence electrons. The van der Waals surface area contributed by atoms with Gasteiger partial charge in [0.25, 0.3) is 0 Å². The standard InChI is InChI=1S/C17H22O5/c1-20-15-5-4-12(14(9-17(18)19)11-2-3-11)8-16(15)22-13-6-7-21-10-13/h4-5,8,11,13-14H,2-3,6-7,9-10H2,1H3,(H,18,19). The Kier molecular flexibility index (Phi) is 4.52. The van der Waals surface area contributed by atoms with E-state index >= 15 is 0 Å². The second-order valence-electron chi connectivity index (χ2n) is 6.06. The highest BCUT2D eigenvalue weighted by Gasteiger charge is 2.34. The average molecular weight is 306 g/mol. The Morgan fingerprint density at radius 2 is 2.18 bits per heavy atom. The number of carboxylic acids is 1. The van der Waals surface area contributed by atoms with Gasteiger partial charge in [0.1, 0.15) is 6.10 Å². The Hall–Kier alpha value is -1.75. The Balaban J connectivity index is 1.82. The molecular weight excluding hydrogens is 284 g/mol. The van der Waals surface area contributed by atoms with Crippen LogP contribution in [0.5, 0.6) is 11.5 Å². The van der Waals surface area contributed by atoms with Gasteiger partial charge in [0.2, 0.25) is 0 Å². The Morgan fingerprint density at radius 1 is 1.36 bits per heavy atom. The van der Waals surface area contributed by atoms with Crippen LogP contribution in [0.4, 0.5) is 0 Å². The first-order valence-corrected chi connectivity index (χ1v) is 7.81. The largest absolute Gasteiger partial charge is 0.493 e. The van der Waals surface area contributed by atoms with Crippen molar-refractivity contribution in [2.24, 2.45) is 5.92 Å². The molecule has 0 radical (unpaired) electrons. The van der Waals surface area contributed by atoms with Crippen LogP contribution in [0.25, 0.3) is 0 Å². The third kappa shape index (κ3) is 3.53. The summed E-state index contributed by atoms with van der Waals surface area (Å²) in [5.74, 6) is 1.16. The van der Waals surface area contributed by atoms with Gasteiger partial charge >= 0.3 is 5.97 Å². The molecule has 1 aromatic carbocycles. The Bertz CT molecular complexity index is 532. The van der Waals surface area contributed by atoms with Crippen LogP contribution in [0, 0.1) is 5.92 Å². The number of methoxy groups -OCH3 is 1. The zero-order chi connectivity index (χ0) is 15.5. The van der Waals surface area contributed by atoms with Crippen molar-refractivity contribution in [3.8, 4) is 11.5 Å². The fourth-order valence-electron chi connectivity index (χ4n) is 3.04. The number of benzene rings is 1. The summed E-state index contributed by atoms with van der Waals surface area (Å²) in [5.41, 5.74) is 1.03. The van der Waals surface area contributed by atoms with Gasteiger partial charge in [-0.2, -0.15) is 0 Å². The van der Waals surface area contributed by atoms with E-state index < -0.39 is 5.97 Å². The number of carbonyl (C=O) groups is 1. The lowest BCUT2D eigenvalue weighted by Gasteiger charge is -2.19. The number of carboxylic acid groups (broad SMARTS) is 1. The molecule has 2 atom stereocenters. The van der Waals surface area contributed by atoms with Gasteiger partial charge in [-0.15, -0.1) is 0 Å². The monoisotopic (exact) mass is 306 g/mol. The van der Waals surface area contributed by atoms with Crippen LogP contribution in [0.2, 0.25) is 0 Å². The lowest BCUT2D eigenvalue weighted by atomic mass is 9.91. The summed E-state index contributed by atoms with van der Waals surface area (Å²) < 4.78 is 16.7. The molecule has 1 N–H and O–H groups in total. The minimum absolute atomic E-state index is 0.0444. The second-order valence-corrected chi connectivity index (χ2v) is 6.06. The van der Waals surface area contributed by atoms with Crippen LogP contribution in [0.15, 0.2) is 18.2 Å². The van der Waals surface area contributed by atoms with Gasteiger partial charge < -0.3 is 19.3 Å². The normalized spacial score (nSPS) is 22.3. The van der Waals surface area contributed by atoms with Gasteiger partial charge in [-0.3, -0.25) is 4.79 Å². The van der Waals surface area contributed by atoms with Crippen LogP contribution >= 0.6 is 0 Å². The number of hydrogen-bond acceptors (Lipinski definition) is 4.